The molecule has 0 unspecified atom stereocenters. The SMILES string of the molecule is CN(C)c1cc(N(C)c2ccccc2)ccc1O. The molecule has 2 aromatic rings. The number of hydrogen-bond donors (Lipinski definition) is 1. The van der Waals surface area contributed by atoms with Crippen LogP contribution in [0.25, 0.3) is 0 Å². The predicted molar refractivity (Wildman–Crippen MR) is 76.9 cm³/mol. The molecule has 2 aromatic carbocycles. The Labute approximate surface area is 108 Å². The van der Waals surface area contributed by atoms with E-state index in [-0.39, 0.29) is 0 Å². The van der Waals surface area contributed by atoms with Crippen molar-refractivity contribution in [1.82, 2.24) is 0 Å². The fourth-order valence-corrected chi connectivity index (χ4v) is 1.88. The maximum absolute atomic E-state index is 9.80. The summed E-state index contributed by atoms with van der Waals surface area (Å²) in [6, 6.07) is 15.8. The van der Waals surface area contributed by atoms with Gasteiger partial charge in [-0.3, -0.25) is 0 Å². The number of para-hydroxylation sites is 1. The van der Waals surface area contributed by atoms with E-state index in [0.29, 0.717) is 5.75 Å². The van der Waals surface area contributed by atoms with E-state index in [1.54, 1.807) is 6.07 Å². The van der Waals surface area contributed by atoms with Crippen molar-refractivity contribution >= 4 is 17.1 Å². The fraction of sp³-hybridized carbons (Fsp3) is 0.200. The van der Waals surface area contributed by atoms with Gasteiger partial charge in [0.2, 0.25) is 0 Å². The molecule has 0 bridgehead atoms. The number of hydrogen-bond acceptors (Lipinski definition) is 3. The molecule has 0 aliphatic carbocycles. The van der Waals surface area contributed by atoms with Crippen LogP contribution in [0.4, 0.5) is 17.1 Å². The van der Waals surface area contributed by atoms with Gasteiger partial charge >= 0.3 is 0 Å². The van der Waals surface area contributed by atoms with Gasteiger partial charge in [-0.2, -0.15) is 0 Å². The molecular formula is C15H18N2O. The van der Waals surface area contributed by atoms with Gasteiger partial charge in [-0.1, -0.05) is 18.2 Å². The van der Waals surface area contributed by atoms with Crippen LogP contribution in [0.1, 0.15) is 0 Å². The molecule has 0 aliphatic heterocycles. The van der Waals surface area contributed by atoms with E-state index >= 15 is 0 Å². The lowest BCUT2D eigenvalue weighted by Crippen LogP contribution is -2.12. The van der Waals surface area contributed by atoms with Crippen LogP contribution in [0.5, 0.6) is 5.75 Å². The highest BCUT2D eigenvalue weighted by atomic mass is 16.3. The predicted octanol–water partition coefficient (Wildman–Crippen LogP) is 3.23. The molecule has 0 amide bonds. The van der Waals surface area contributed by atoms with E-state index in [4.69, 9.17) is 0 Å². The normalized spacial score (nSPS) is 10.2. The number of nitrogens with zero attached hydrogens (tertiary/aromatic N) is 2. The first kappa shape index (κ1) is 12.3. The molecule has 0 aromatic heterocycles. The molecule has 0 saturated carbocycles. The fourth-order valence-electron chi connectivity index (χ4n) is 1.88. The molecule has 1 N–H and O–H groups in total. The van der Waals surface area contributed by atoms with E-state index in [1.165, 1.54) is 0 Å². The van der Waals surface area contributed by atoms with Crippen molar-refractivity contribution in [1.29, 1.82) is 0 Å². The summed E-state index contributed by atoms with van der Waals surface area (Å²) in [6.07, 6.45) is 0. The van der Waals surface area contributed by atoms with Crippen LogP contribution in [-0.2, 0) is 0 Å². The summed E-state index contributed by atoms with van der Waals surface area (Å²) >= 11 is 0. The third-order valence-corrected chi connectivity index (χ3v) is 2.97. The number of anilines is 3. The highest BCUT2D eigenvalue weighted by Crippen LogP contribution is 2.32. The Morgan fingerprint density at radius 2 is 1.50 bits per heavy atom. The molecule has 0 heterocycles. The number of benzene rings is 2. The summed E-state index contributed by atoms with van der Waals surface area (Å²) in [4.78, 5) is 3.99. The highest BCUT2D eigenvalue weighted by Gasteiger charge is 2.08. The van der Waals surface area contributed by atoms with Gasteiger partial charge in [0, 0.05) is 32.5 Å². The second-order valence-corrected chi connectivity index (χ2v) is 4.46. The first-order chi connectivity index (χ1) is 8.59. The van der Waals surface area contributed by atoms with Crippen molar-refractivity contribution in [2.24, 2.45) is 0 Å². The topological polar surface area (TPSA) is 26.7 Å². The van der Waals surface area contributed by atoms with Gasteiger partial charge in [0.1, 0.15) is 5.75 Å². The van der Waals surface area contributed by atoms with Crippen LogP contribution in [0.3, 0.4) is 0 Å². The first-order valence-electron chi connectivity index (χ1n) is 5.88. The summed E-state index contributed by atoms with van der Waals surface area (Å²) in [5.41, 5.74) is 2.98. The molecule has 0 aliphatic rings. The van der Waals surface area contributed by atoms with Gasteiger partial charge in [0.15, 0.2) is 0 Å². The van der Waals surface area contributed by atoms with Crippen LogP contribution in [0.2, 0.25) is 0 Å². The van der Waals surface area contributed by atoms with Crippen molar-refractivity contribution < 1.29 is 5.11 Å². The molecule has 0 radical (unpaired) electrons. The number of aromatic hydroxyl groups is 1. The Hall–Kier alpha value is -2.16. The first-order valence-corrected chi connectivity index (χ1v) is 5.88. The molecule has 0 spiro atoms. The molecule has 2 rings (SSSR count). The van der Waals surface area contributed by atoms with E-state index in [2.05, 4.69) is 17.0 Å². The minimum Gasteiger partial charge on any atom is -0.506 e. The molecular weight excluding hydrogens is 224 g/mol. The van der Waals surface area contributed by atoms with Crippen LogP contribution >= 0.6 is 0 Å². The molecule has 0 fully saturated rings. The number of phenolic OH excluding ortho intramolecular Hbond substituents is 1. The van der Waals surface area contributed by atoms with Gasteiger partial charge in [-0.25, -0.2) is 0 Å². The summed E-state index contributed by atoms with van der Waals surface area (Å²) < 4.78 is 0. The quantitative estimate of drug-likeness (QED) is 0.895. The van der Waals surface area contributed by atoms with E-state index < -0.39 is 0 Å². The monoisotopic (exact) mass is 242 g/mol. The average Bonchev–Trinajstić information content (AvgIpc) is 2.39. The largest absolute Gasteiger partial charge is 0.506 e. The van der Waals surface area contributed by atoms with Crippen molar-refractivity contribution in [3.8, 4) is 5.75 Å². The average molecular weight is 242 g/mol. The van der Waals surface area contributed by atoms with E-state index in [0.717, 1.165) is 17.1 Å². The van der Waals surface area contributed by atoms with Crippen LogP contribution in [0, 0.1) is 0 Å². The molecule has 0 atom stereocenters. The van der Waals surface area contributed by atoms with Crippen molar-refractivity contribution in [3.05, 3.63) is 48.5 Å². The molecule has 0 saturated heterocycles. The van der Waals surface area contributed by atoms with Gasteiger partial charge in [-0.05, 0) is 30.3 Å². The Morgan fingerprint density at radius 3 is 2.11 bits per heavy atom. The van der Waals surface area contributed by atoms with Crippen molar-refractivity contribution in [2.75, 3.05) is 30.9 Å². The summed E-state index contributed by atoms with van der Waals surface area (Å²) in [5.74, 6) is 0.296. The summed E-state index contributed by atoms with van der Waals surface area (Å²) in [6.45, 7) is 0. The maximum atomic E-state index is 9.80. The van der Waals surface area contributed by atoms with Crippen molar-refractivity contribution in [3.63, 3.8) is 0 Å². The lowest BCUT2D eigenvalue weighted by molar-refractivity contribution is 0.475. The Bertz CT molecular complexity index is 523. The number of rotatable bonds is 3. The molecule has 18 heavy (non-hydrogen) atoms. The minimum atomic E-state index is 0.296. The zero-order valence-corrected chi connectivity index (χ0v) is 11.0. The van der Waals surface area contributed by atoms with E-state index in [9.17, 15) is 5.11 Å². The Balaban J connectivity index is 2.37. The second kappa shape index (κ2) is 5.00. The van der Waals surface area contributed by atoms with Crippen LogP contribution in [0.15, 0.2) is 48.5 Å². The van der Waals surface area contributed by atoms with Gasteiger partial charge in [0.05, 0.1) is 5.69 Å². The summed E-state index contributed by atoms with van der Waals surface area (Å²) in [5, 5.41) is 9.80. The molecule has 3 nitrogen and oxygen atoms in total. The third kappa shape index (κ3) is 2.40. The smallest absolute Gasteiger partial charge is 0.139 e. The zero-order chi connectivity index (χ0) is 13.1. The number of phenols is 1. The molecule has 3 heteroatoms. The Kier molecular flexibility index (Phi) is 3.42. The zero-order valence-electron chi connectivity index (χ0n) is 11.0. The lowest BCUT2D eigenvalue weighted by atomic mass is 10.2. The third-order valence-electron chi connectivity index (χ3n) is 2.97. The van der Waals surface area contributed by atoms with Gasteiger partial charge in [0.25, 0.3) is 0 Å². The second-order valence-electron chi connectivity index (χ2n) is 4.46. The van der Waals surface area contributed by atoms with Crippen LogP contribution in [-0.4, -0.2) is 26.2 Å². The lowest BCUT2D eigenvalue weighted by Gasteiger charge is -2.22. The minimum absolute atomic E-state index is 0.296. The van der Waals surface area contributed by atoms with Crippen molar-refractivity contribution in [2.45, 2.75) is 0 Å². The van der Waals surface area contributed by atoms with Gasteiger partial charge in [-0.15, -0.1) is 0 Å². The van der Waals surface area contributed by atoms with E-state index in [1.807, 2.05) is 56.4 Å². The summed E-state index contributed by atoms with van der Waals surface area (Å²) in [7, 11) is 5.85. The molecule has 94 valence electrons. The van der Waals surface area contributed by atoms with Crippen LogP contribution < -0.4 is 9.80 Å². The van der Waals surface area contributed by atoms with Gasteiger partial charge < -0.3 is 14.9 Å². The highest BCUT2D eigenvalue weighted by molar-refractivity contribution is 5.70. The Morgan fingerprint density at radius 1 is 0.833 bits per heavy atom. The maximum Gasteiger partial charge on any atom is 0.139 e. The standard InChI is InChI=1S/C15H18N2O/c1-16(2)14-11-13(9-10-15(14)18)17(3)12-7-5-4-6-8-12/h4-11,18H,1-3H3.